The summed E-state index contributed by atoms with van der Waals surface area (Å²) in [5.74, 6) is -1.49. The monoisotopic (exact) mass is 329 g/mol. The van der Waals surface area contributed by atoms with Crippen molar-refractivity contribution in [3.8, 4) is 0 Å². The van der Waals surface area contributed by atoms with Gasteiger partial charge in [0.2, 0.25) is 5.91 Å². The largest absolute Gasteiger partial charge is 0.391 e. The molecule has 0 saturated heterocycles. The van der Waals surface area contributed by atoms with Gasteiger partial charge in [0.25, 0.3) is 0 Å². The van der Waals surface area contributed by atoms with E-state index in [2.05, 4.69) is 15.9 Å². The van der Waals surface area contributed by atoms with Crippen LogP contribution < -0.4 is 0 Å². The van der Waals surface area contributed by atoms with Crippen molar-refractivity contribution in [3.05, 3.63) is 0 Å². The zero-order valence-corrected chi connectivity index (χ0v) is 12.2. The molecule has 18 heavy (non-hydrogen) atoms. The Balaban J connectivity index is 2.50. The Morgan fingerprint density at radius 2 is 1.83 bits per heavy atom. The molecule has 0 radical (unpaired) electrons. The maximum atomic E-state index is 12.5. The number of hydrogen-bond donors (Lipinski definition) is 0. The zero-order chi connectivity index (χ0) is 13.9. The number of alkyl halides is 4. The Bertz CT molecular complexity index is 288. The highest BCUT2D eigenvalue weighted by Crippen LogP contribution is 2.39. The molecule has 1 rings (SSSR count). The minimum Gasteiger partial charge on any atom is -0.342 e. The molecule has 106 valence electrons. The van der Waals surface area contributed by atoms with Crippen LogP contribution in [0.25, 0.3) is 0 Å². The lowest BCUT2D eigenvalue weighted by Gasteiger charge is -2.33. The van der Waals surface area contributed by atoms with E-state index in [9.17, 15) is 18.0 Å². The summed E-state index contributed by atoms with van der Waals surface area (Å²) in [7, 11) is 1.71. The summed E-state index contributed by atoms with van der Waals surface area (Å²) in [6.07, 6.45) is -3.25. The maximum absolute atomic E-state index is 12.5. The van der Waals surface area contributed by atoms with Crippen LogP contribution in [0.3, 0.4) is 0 Å². The predicted molar refractivity (Wildman–Crippen MR) is 67.5 cm³/mol. The lowest BCUT2D eigenvalue weighted by molar-refractivity contribution is -0.185. The fourth-order valence-corrected chi connectivity index (χ4v) is 2.71. The van der Waals surface area contributed by atoms with Gasteiger partial charge in [-0.05, 0) is 32.6 Å². The molecule has 1 unspecified atom stereocenters. The summed E-state index contributed by atoms with van der Waals surface area (Å²) in [6, 6.07) is 0.0674. The minimum absolute atomic E-state index is 0.0254. The van der Waals surface area contributed by atoms with E-state index in [0.29, 0.717) is 18.2 Å². The minimum atomic E-state index is -4.11. The van der Waals surface area contributed by atoms with E-state index in [1.165, 1.54) is 0 Å². The van der Waals surface area contributed by atoms with Crippen molar-refractivity contribution in [2.75, 3.05) is 12.4 Å². The number of rotatable bonds is 3. The first-order valence-corrected chi connectivity index (χ1v) is 7.28. The molecule has 2 nitrogen and oxygen atoms in total. The first-order chi connectivity index (χ1) is 8.27. The molecule has 6 heteroatoms. The molecule has 0 aromatic carbocycles. The summed E-state index contributed by atoms with van der Waals surface area (Å²) in [5.41, 5.74) is 0. The van der Waals surface area contributed by atoms with Gasteiger partial charge in [0, 0.05) is 24.3 Å². The molecule has 0 heterocycles. The van der Waals surface area contributed by atoms with Gasteiger partial charge in [0.1, 0.15) is 0 Å². The average Bonchev–Trinajstić information content (AvgIpc) is 2.35. The van der Waals surface area contributed by atoms with E-state index in [4.69, 9.17) is 0 Å². The first-order valence-electron chi connectivity index (χ1n) is 6.16. The van der Waals surface area contributed by atoms with E-state index < -0.39 is 12.1 Å². The summed E-state index contributed by atoms with van der Waals surface area (Å²) in [6.45, 7) is 1.91. The molecule has 0 N–H and O–H groups in total. The maximum Gasteiger partial charge on any atom is 0.391 e. The van der Waals surface area contributed by atoms with Crippen molar-refractivity contribution in [1.82, 2.24) is 4.90 Å². The van der Waals surface area contributed by atoms with Crippen molar-refractivity contribution < 1.29 is 18.0 Å². The number of nitrogens with zero attached hydrogens (tertiary/aromatic N) is 1. The summed E-state index contributed by atoms with van der Waals surface area (Å²) < 4.78 is 37.5. The van der Waals surface area contributed by atoms with Crippen LogP contribution in [0.15, 0.2) is 0 Å². The van der Waals surface area contributed by atoms with Gasteiger partial charge >= 0.3 is 6.18 Å². The Kier molecular flexibility index (Phi) is 5.49. The van der Waals surface area contributed by atoms with Gasteiger partial charge in [0.05, 0.1) is 5.92 Å². The van der Waals surface area contributed by atoms with Crippen LogP contribution >= 0.6 is 15.9 Å². The van der Waals surface area contributed by atoms with Gasteiger partial charge in [-0.2, -0.15) is 13.2 Å². The van der Waals surface area contributed by atoms with Crippen LogP contribution in [0.5, 0.6) is 0 Å². The molecule has 1 aliphatic rings. The van der Waals surface area contributed by atoms with Gasteiger partial charge in [-0.15, -0.1) is 0 Å². The molecule has 0 aromatic heterocycles. The van der Waals surface area contributed by atoms with Crippen LogP contribution in [0, 0.1) is 11.8 Å². The second kappa shape index (κ2) is 6.26. The summed E-state index contributed by atoms with van der Waals surface area (Å²) >= 11 is 3.30. The van der Waals surface area contributed by atoms with Gasteiger partial charge in [-0.3, -0.25) is 4.79 Å². The molecule has 1 atom stereocenters. The van der Waals surface area contributed by atoms with Gasteiger partial charge in [0.15, 0.2) is 0 Å². The topological polar surface area (TPSA) is 20.3 Å². The number of amides is 1. The fraction of sp³-hybridized carbons (Fsp3) is 0.917. The molecule has 0 aromatic rings. The normalized spacial score (nSPS) is 26.8. The average molecular weight is 330 g/mol. The smallest absolute Gasteiger partial charge is 0.342 e. The third-order valence-corrected chi connectivity index (χ3v) is 4.71. The quantitative estimate of drug-likeness (QED) is 0.724. The van der Waals surface area contributed by atoms with Crippen LogP contribution in [0.1, 0.15) is 32.6 Å². The molecule has 1 saturated carbocycles. The Morgan fingerprint density at radius 3 is 2.22 bits per heavy atom. The van der Waals surface area contributed by atoms with Crippen LogP contribution in [-0.4, -0.2) is 35.4 Å². The highest BCUT2D eigenvalue weighted by molar-refractivity contribution is 9.09. The predicted octanol–water partition coefficient (Wildman–Crippen LogP) is 3.60. The SMILES string of the molecule is CC(CBr)N(C)C(=O)C1CCC(C(F)(F)F)CC1. The highest BCUT2D eigenvalue weighted by atomic mass is 79.9. The highest BCUT2D eigenvalue weighted by Gasteiger charge is 2.42. The third kappa shape index (κ3) is 3.87. The van der Waals surface area contributed by atoms with Crippen molar-refractivity contribution in [1.29, 1.82) is 0 Å². The Labute approximate surface area is 114 Å². The third-order valence-electron chi connectivity index (χ3n) is 3.77. The van der Waals surface area contributed by atoms with E-state index in [1.54, 1.807) is 11.9 Å². The van der Waals surface area contributed by atoms with E-state index in [-0.39, 0.29) is 30.7 Å². The first kappa shape index (κ1) is 15.8. The Hall–Kier alpha value is -0.260. The van der Waals surface area contributed by atoms with Crippen molar-refractivity contribution >= 4 is 21.8 Å². The van der Waals surface area contributed by atoms with E-state index >= 15 is 0 Å². The lowest BCUT2D eigenvalue weighted by atomic mass is 9.81. The number of halogens is 4. The van der Waals surface area contributed by atoms with E-state index in [0.717, 1.165) is 0 Å². The van der Waals surface area contributed by atoms with Gasteiger partial charge in [-0.1, -0.05) is 15.9 Å². The summed E-state index contributed by atoms with van der Waals surface area (Å²) in [5, 5.41) is 0.674. The molecule has 0 aliphatic heterocycles. The number of carbonyl (C=O) groups excluding carboxylic acids is 1. The van der Waals surface area contributed by atoms with Crippen LogP contribution in [-0.2, 0) is 4.79 Å². The van der Waals surface area contributed by atoms with E-state index in [1.807, 2.05) is 6.92 Å². The zero-order valence-electron chi connectivity index (χ0n) is 10.6. The second-order valence-electron chi connectivity index (χ2n) is 5.04. The van der Waals surface area contributed by atoms with Crippen molar-refractivity contribution in [2.24, 2.45) is 11.8 Å². The molecule has 1 amide bonds. The van der Waals surface area contributed by atoms with Crippen molar-refractivity contribution in [2.45, 2.75) is 44.8 Å². The summed E-state index contributed by atoms with van der Waals surface area (Å²) in [4.78, 5) is 13.7. The lowest BCUT2D eigenvalue weighted by Crippen LogP contribution is -2.42. The van der Waals surface area contributed by atoms with Gasteiger partial charge in [-0.25, -0.2) is 0 Å². The number of hydrogen-bond acceptors (Lipinski definition) is 1. The molecule has 0 bridgehead atoms. The number of carbonyl (C=O) groups is 1. The van der Waals surface area contributed by atoms with Crippen molar-refractivity contribution in [3.63, 3.8) is 0 Å². The Morgan fingerprint density at radius 1 is 1.33 bits per heavy atom. The van der Waals surface area contributed by atoms with Crippen LogP contribution in [0.2, 0.25) is 0 Å². The van der Waals surface area contributed by atoms with Gasteiger partial charge < -0.3 is 4.90 Å². The molecular formula is C12H19BrF3NO. The molecule has 0 spiro atoms. The molecule has 1 aliphatic carbocycles. The fourth-order valence-electron chi connectivity index (χ4n) is 2.28. The van der Waals surface area contributed by atoms with Crippen LogP contribution in [0.4, 0.5) is 13.2 Å². The standard InChI is InChI=1S/C12H19BrF3NO/c1-8(7-13)17(2)11(18)9-3-5-10(6-4-9)12(14,15)16/h8-10H,3-7H2,1-2H3. The molecule has 1 fully saturated rings. The second-order valence-corrected chi connectivity index (χ2v) is 5.69. The molecular weight excluding hydrogens is 311 g/mol.